The Morgan fingerprint density at radius 1 is 0.321 bits per heavy atom. The Bertz CT molecular complexity index is 3000. The fraction of sp³-hybridized carbons (Fsp3) is 0.0192. The van der Waals surface area contributed by atoms with Gasteiger partial charge < -0.3 is 4.42 Å². The Balaban J connectivity index is 1.03. The van der Waals surface area contributed by atoms with Crippen molar-refractivity contribution in [3.8, 4) is 78.7 Å². The molecule has 0 amide bonds. The topological polar surface area (TPSA) is 51.8 Å². The molecule has 0 aliphatic heterocycles. The highest BCUT2D eigenvalue weighted by atomic mass is 16.3. The van der Waals surface area contributed by atoms with Crippen molar-refractivity contribution >= 4 is 21.9 Å². The maximum atomic E-state index is 6.57. The van der Waals surface area contributed by atoms with Crippen LogP contribution in [0.2, 0.25) is 0 Å². The van der Waals surface area contributed by atoms with Crippen LogP contribution in [0.4, 0.5) is 0 Å². The molecule has 56 heavy (non-hydrogen) atoms. The van der Waals surface area contributed by atoms with Crippen LogP contribution < -0.4 is 0 Å². The molecule has 0 aliphatic carbocycles. The average Bonchev–Trinajstić information content (AvgIpc) is 3.66. The van der Waals surface area contributed by atoms with E-state index in [1.807, 2.05) is 42.5 Å². The van der Waals surface area contributed by atoms with Crippen molar-refractivity contribution < 1.29 is 4.42 Å². The fourth-order valence-electron chi connectivity index (χ4n) is 7.60. The lowest BCUT2D eigenvalue weighted by Crippen LogP contribution is -2.00. The van der Waals surface area contributed by atoms with Crippen LogP contribution in [-0.2, 0) is 0 Å². The van der Waals surface area contributed by atoms with Gasteiger partial charge in [-0.3, -0.25) is 0 Å². The second-order valence-electron chi connectivity index (χ2n) is 14.1. The van der Waals surface area contributed by atoms with Crippen LogP contribution in [0.5, 0.6) is 0 Å². The van der Waals surface area contributed by atoms with Gasteiger partial charge in [-0.1, -0.05) is 170 Å². The van der Waals surface area contributed by atoms with Crippen molar-refractivity contribution in [3.05, 3.63) is 200 Å². The first-order valence-electron chi connectivity index (χ1n) is 18.8. The van der Waals surface area contributed by atoms with Crippen LogP contribution in [0.25, 0.3) is 101 Å². The Kier molecular flexibility index (Phi) is 8.34. The largest absolute Gasteiger partial charge is 0.456 e. The summed E-state index contributed by atoms with van der Waals surface area (Å²) < 4.78 is 6.57. The van der Waals surface area contributed by atoms with E-state index in [0.29, 0.717) is 17.5 Å². The van der Waals surface area contributed by atoms with Crippen molar-refractivity contribution in [1.29, 1.82) is 0 Å². The molecule has 0 spiro atoms. The summed E-state index contributed by atoms with van der Waals surface area (Å²) in [4.78, 5) is 15.0. The number of hydrogen-bond donors (Lipinski definition) is 0. The van der Waals surface area contributed by atoms with Crippen molar-refractivity contribution in [3.63, 3.8) is 0 Å². The van der Waals surface area contributed by atoms with Crippen molar-refractivity contribution in [2.75, 3.05) is 0 Å². The third-order valence-electron chi connectivity index (χ3n) is 10.5. The van der Waals surface area contributed by atoms with E-state index in [0.717, 1.165) is 55.3 Å². The first-order valence-corrected chi connectivity index (χ1v) is 18.8. The van der Waals surface area contributed by atoms with Gasteiger partial charge in [0.1, 0.15) is 11.2 Å². The smallest absolute Gasteiger partial charge is 0.164 e. The number of aryl methyl sites for hydroxylation is 1. The Hall–Kier alpha value is -7.43. The van der Waals surface area contributed by atoms with Gasteiger partial charge in [0.15, 0.2) is 17.5 Å². The van der Waals surface area contributed by atoms with Crippen LogP contribution in [0.3, 0.4) is 0 Å². The predicted octanol–water partition coefficient (Wildman–Crippen LogP) is 13.7. The van der Waals surface area contributed by atoms with Gasteiger partial charge in [-0.15, -0.1) is 0 Å². The van der Waals surface area contributed by atoms with Gasteiger partial charge in [-0.25, -0.2) is 15.0 Å². The first-order chi connectivity index (χ1) is 27.6. The third kappa shape index (κ3) is 6.23. The van der Waals surface area contributed by atoms with Gasteiger partial charge >= 0.3 is 0 Å². The molecule has 0 atom stereocenters. The molecular formula is C52H35N3O. The number of furan rings is 1. The molecule has 0 radical (unpaired) electrons. The van der Waals surface area contributed by atoms with E-state index in [1.165, 1.54) is 33.4 Å². The van der Waals surface area contributed by atoms with Gasteiger partial charge in [0.25, 0.3) is 0 Å². The Labute approximate surface area is 325 Å². The molecule has 264 valence electrons. The number of nitrogens with zero attached hydrogens (tertiary/aromatic N) is 3. The SMILES string of the molecule is Cc1ccccc1-c1ccc(-c2nc(-c3ccccc3)nc(-c3ccc4c(c3)oc3cccc(-c5cccc(-c6ccc(-c7ccccc7)cc6)c5)c34)n2)cc1. The van der Waals surface area contributed by atoms with Gasteiger partial charge in [-0.05, 0) is 81.3 Å². The molecular weight excluding hydrogens is 683 g/mol. The summed E-state index contributed by atoms with van der Waals surface area (Å²) in [6.07, 6.45) is 0. The lowest BCUT2D eigenvalue weighted by atomic mass is 9.95. The Morgan fingerprint density at radius 2 is 0.804 bits per heavy atom. The van der Waals surface area contributed by atoms with Gasteiger partial charge in [0.2, 0.25) is 0 Å². The average molecular weight is 718 g/mol. The summed E-state index contributed by atoms with van der Waals surface area (Å²) in [6.45, 7) is 2.14. The van der Waals surface area contributed by atoms with Gasteiger partial charge in [0, 0.05) is 27.5 Å². The molecule has 10 aromatic rings. The highest BCUT2D eigenvalue weighted by Crippen LogP contribution is 2.39. The van der Waals surface area contributed by atoms with E-state index < -0.39 is 0 Å². The minimum Gasteiger partial charge on any atom is -0.456 e. The van der Waals surface area contributed by atoms with Crippen LogP contribution in [0, 0.1) is 6.92 Å². The molecule has 0 saturated heterocycles. The van der Waals surface area contributed by atoms with Crippen LogP contribution >= 0.6 is 0 Å². The van der Waals surface area contributed by atoms with E-state index in [-0.39, 0.29) is 0 Å². The summed E-state index contributed by atoms with van der Waals surface area (Å²) in [5, 5.41) is 2.13. The first kappa shape index (κ1) is 33.2. The zero-order chi connectivity index (χ0) is 37.4. The van der Waals surface area contributed by atoms with Gasteiger partial charge in [-0.2, -0.15) is 0 Å². The quantitative estimate of drug-likeness (QED) is 0.165. The highest BCUT2D eigenvalue weighted by Gasteiger charge is 2.17. The minimum atomic E-state index is 0.588. The molecule has 2 aromatic heterocycles. The molecule has 0 aliphatic rings. The molecule has 0 unspecified atom stereocenters. The number of benzene rings is 8. The van der Waals surface area contributed by atoms with Crippen molar-refractivity contribution in [2.24, 2.45) is 0 Å². The second-order valence-corrected chi connectivity index (χ2v) is 14.1. The summed E-state index contributed by atoms with van der Waals surface area (Å²) >= 11 is 0. The molecule has 10 rings (SSSR count). The lowest BCUT2D eigenvalue weighted by Gasteiger charge is -2.10. The van der Waals surface area contributed by atoms with Crippen molar-refractivity contribution in [2.45, 2.75) is 6.92 Å². The van der Waals surface area contributed by atoms with Crippen LogP contribution in [-0.4, -0.2) is 15.0 Å². The normalized spacial score (nSPS) is 11.3. The number of rotatable bonds is 7. The van der Waals surface area contributed by atoms with Crippen LogP contribution in [0.15, 0.2) is 199 Å². The number of hydrogen-bond acceptors (Lipinski definition) is 4. The fourth-order valence-corrected chi connectivity index (χ4v) is 7.60. The zero-order valence-electron chi connectivity index (χ0n) is 30.7. The summed E-state index contributed by atoms with van der Waals surface area (Å²) in [6, 6.07) is 67.6. The van der Waals surface area contributed by atoms with Crippen molar-refractivity contribution in [1.82, 2.24) is 15.0 Å². The molecule has 8 aromatic carbocycles. The zero-order valence-corrected chi connectivity index (χ0v) is 30.7. The molecule has 0 saturated carbocycles. The summed E-state index contributed by atoms with van der Waals surface area (Å²) in [5.74, 6) is 1.83. The maximum Gasteiger partial charge on any atom is 0.164 e. The van der Waals surface area contributed by atoms with E-state index >= 15 is 0 Å². The predicted molar refractivity (Wildman–Crippen MR) is 230 cm³/mol. The molecule has 4 heteroatoms. The summed E-state index contributed by atoms with van der Waals surface area (Å²) in [7, 11) is 0. The van der Waals surface area contributed by atoms with E-state index in [4.69, 9.17) is 19.4 Å². The Morgan fingerprint density at radius 3 is 1.52 bits per heavy atom. The lowest BCUT2D eigenvalue weighted by molar-refractivity contribution is 0.669. The maximum absolute atomic E-state index is 6.57. The number of aromatic nitrogens is 3. The molecule has 4 nitrogen and oxygen atoms in total. The van der Waals surface area contributed by atoms with E-state index in [1.54, 1.807) is 0 Å². The second kappa shape index (κ2) is 14.1. The molecule has 2 heterocycles. The van der Waals surface area contributed by atoms with E-state index in [2.05, 4.69) is 159 Å². The van der Waals surface area contributed by atoms with Gasteiger partial charge in [0.05, 0.1) is 0 Å². The number of fused-ring (bicyclic) bond motifs is 3. The molecule has 0 bridgehead atoms. The monoisotopic (exact) mass is 717 g/mol. The third-order valence-corrected chi connectivity index (χ3v) is 10.5. The minimum absolute atomic E-state index is 0.588. The van der Waals surface area contributed by atoms with Crippen LogP contribution in [0.1, 0.15) is 5.56 Å². The van der Waals surface area contributed by atoms with E-state index in [9.17, 15) is 0 Å². The molecule has 0 fully saturated rings. The standard InChI is InChI=1S/C52H35N3O/c1-34-12-8-9-19-44(34)38-26-28-40(29-27-38)51-53-50(39-15-6-3-7-16-39)54-52(55-51)43-30-31-46-48(33-43)56-47-21-11-20-45(49(46)47)42-18-10-17-41(32-42)37-24-22-36(23-25-37)35-13-4-2-5-14-35/h2-33H,1H3. The highest BCUT2D eigenvalue weighted by molar-refractivity contribution is 6.13. The molecule has 0 N–H and O–H groups in total. The summed E-state index contributed by atoms with van der Waals surface area (Å²) in [5.41, 5.74) is 14.9.